The number of likely N-dealkylation sites (N-methyl/N-ethyl adjacent to an activating group) is 1. The molecule has 3 nitrogen and oxygen atoms in total. The number of benzene rings is 1. The van der Waals surface area contributed by atoms with Crippen LogP contribution < -0.4 is 0 Å². The Balaban J connectivity index is 2.05. The molecule has 0 aliphatic carbocycles. The number of hydrogen-bond donors (Lipinski definition) is 0. The lowest BCUT2D eigenvalue weighted by molar-refractivity contribution is 0.147. The standard InChI is InChI=1S/C13H16FN3/c1-16-4-6-17(7-5-16)10-12-8-11(9-15)2-3-13(12)14/h2-3,8H,4-7,10H2,1H3. The molecule has 1 fully saturated rings. The Labute approximate surface area is 101 Å². The molecule has 90 valence electrons. The van der Waals surface area contributed by atoms with Gasteiger partial charge < -0.3 is 4.90 Å². The highest BCUT2D eigenvalue weighted by Gasteiger charge is 2.15. The highest BCUT2D eigenvalue weighted by molar-refractivity contribution is 5.33. The number of halogens is 1. The van der Waals surface area contributed by atoms with Crippen molar-refractivity contribution in [1.29, 1.82) is 5.26 Å². The maximum atomic E-state index is 13.6. The van der Waals surface area contributed by atoms with Crippen LogP contribution in [0.5, 0.6) is 0 Å². The zero-order valence-corrected chi connectivity index (χ0v) is 9.99. The van der Waals surface area contributed by atoms with Crippen molar-refractivity contribution >= 4 is 0 Å². The van der Waals surface area contributed by atoms with Crippen LogP contribution in [0, 0.1) is 17.1 Å². The molecule has 1 aliphatic rings. The van der Waals surface area contributed by atoms with Gasteiger partial charge in [0.05, 0.1) is 11.6 Å². The van der Waals surface area contributed by atoms with E-state index in [0.717, 1.165) is 26.2 Å². The van der Waals surface area contributed by atoms with E-state index in [2.05, 4.69) is 16.8 Å². The predicted octanol–water partition coefficient (Wildman–Crippen LogP) is 1.44. The van der Waals surface area contributed by atoms with Gasteiger partial charge in [0.2, 0.25) is 0 Å². The predicted molar refractivity (Wildman–Crippen MR) is 63.9 cm³/mol. The summed E-state index contributed by atoms with van der Waals surface area (Å²) < 4.78 is 13.6. The van der Waals surface area contributed by atoms with Crippen LogP contribution in [0.15, 0.2) is 18.2 Å². The Kier molecular flexibility index (Phi) is 3.72. The van der Waals surface area contributed by atoms with E-state index in [1.165, 1.54) is 12.1 Å². The first-order valence-electron chi connectivity index (χ1n) is 5.78. The molecule has 0 amide bonds. The van der Waals surface area contributed by atoms with Crippen molar-refractivity contribution in [2.75, 3.05) is 33.2 Å². The van der Waals surface area contributed by atoms with Crippen LogP contribution in [0.3, 0.4) is 0 Å². The zero-order valence-electron chi connectivity index (χ0n) is 9.99. The molecule has 17 heavy (non-hydrogen) atoms. The molecule has 2 rings (SSSR count). The molecule has 0 N–H and O–H groups in total. The van der Waals surface area contributed by atoms with Gasteiger partial charge in [0.1, 0.15) is 5.82 Å². The first-order chi connectivity index (χ1) is 8.19. The highest BCUT2D eigenvalue weighted by atomic mass is 19.1. The molecule has 0 radical (unpaired) electrons. The van der Waals surface area contributed by atoms with E-state index < -0.39 is 0 Å². The fraction of sp³-hybridized carbons (Fsp3) is 0.462. The van der Waals surface area contributed by atoms with Gasteiger partial charge in [-0.05, 0) is 25.2 Å². The maximum Gasteiger partial charge on any atom is 0.127 e. The first-order valence-corrected chi connectivity index (χ1v) is 5.78. The quantitative estimate of drug-likeness (QED) is 0.774. The molecule has 1 aromatic carbocycles. The van der Waals surface area contributed by atoms with Crippen molar-refractivity contribution in [1.82, 2.24) is 9.80 Å². The lowest BCUT2D eigenvalue weighted by atomic mass is 10.1. The lowest BCUT2D eigenvalue weighted by Crippen LogP contribution is -2.44. The van der Waals surface area contributed by atoms with Gasteiger partial charge >= 0.3 is 0 Å². The highest BCUT2D eigenvalue weighted by Crippen LogP contribution is 2.13. The topological polar surface area (TPSA) is 30.3 Å². The minimum absolute atomic E-state index is 0.220. The van der Waals surface area contributed by atoms with Crippen molar-refractivity contribution < 1.29 is 4.39 Å². The zero-order chi connectivity index (χ0) is 12.3. The molecule has 0 atom stereocenters. The summed E-state index contributed by atoms with van der Waals surface area (Å²) in [5, 5.41) is 8.80. The number of nitrogens with zero attached hydrogens (tertiary/aromatic N) is 3. The summed E-state index contributed by atoms with van der Waals surface area (Å²) in [6, 6.07) is 6.59. The van der Waals surface area contributed by atoms with Crippen LogP contribution in [0.2, 0.25) is 0 Å². The van der Waals surface area contributed by atoms with E-state index in [1.807, 2.05) is 6.07 Å². The third-order valence-electron chi connectivity index (χ3n) is 3.16. The Bertz CT molecular complexity index is 431. The van der Waals surface area contributed by atoms with E-state index in [1.54, 1.807) is 6.07 Å². The van der Waals surface area contributed by atoms with Crippen molar-refractivity contribution in [2.24, 2.45) is 0 Å². The lowest BCUT2D eigenvalue weighted by Gasteiger charge is -2.32. The smallest absolute Gasteiger partial charge is 0.127 e. The molecule has 0 aromatic heterocycles. The molecule has 0 spiro atoms. The van der Waals surface area contributed by atoms with Gasteiger partial charge in [-0.25, -0.2) is 4.39 Å². The first kappa shape index (κ1) is 12.0. The van der Waals surface area contributed by atoms with Gasteiger partial charge in [-0.1, -0.05) is 0 Å². The van der Waals surface area contributed by atoms with E-state index in [4.69, 9.17) is 5.26 Å². The second-order valence-electron chi connectivity index (χ2n) is 4.50. The van der Waals surface area contributed by atoms with E-state index >= 15 is 0 Å². The van der Waals surface area contributed by atoms with Gasteiger partial charge in [0, 0.05) is 38.3 Å². The van der Waals surface area contributed by atoms with Crippen LogP contribution in [-0.4, -0.2) is 43.0 Å². The molecular formula is C13H16FN3. The Morgan fingerprint density at radius 1 is 1.29 bits per heavy atom. The van der Waals surface area contributed by atoms with Gasteiger partial charge in [0.15, 0.2) is 0 Å². The second kappa shape index (κ2) is 5.26. The Morgan fingerprint density at radius 2 is 2.00 bits per heavy atom. The number of piperazine rings is 1. The number of hydrogen-bond acceptors (Lipinski definition) is 3. The van der Waals surface area contributed by atoms with E-state index in [-0.39, 0.29) is 5.82 Å². The molecule has 4 heteroatoms. The van der Waals surface area contributed by atoms with Crippen LogP contribution in [0.4, 0.5) is 4.39 Å². The van der Waals surface area contributed by atoms with Crippen LogP contribution in [0.1, 0.15) is 11.1 Å². The van der Waals surface area contributed by atoms with Crippen molar-refractivity contribution in [2.45, 2.75) is 6.54 Å². The van der Waals surface area contributed by atoms with Crippen LogP contribution >= 0.6 is 0 Å². The molecule has 1 heterocycles. The maximum absolute atomic E-state index is 13.6. The number of rotatable bonds is 2. The second-order valence-corrected chi connectivity index (χ2v) is 4.50. The Hall–Kier alpha value is -1.44. The fourth-order valence-electron chi connectivity index (χ4n) is 2.01. The van der Waals surface area contributed by atoms with Gasteiger partial charge in [0.25, 0.3) is 0 Å². The minimum atomic E-state index is -0.220. The van der Waals surface area contributed by atoms with Crippen LogP contribution in [-0.2, 0) is 6.54 Å². The summed E-state index contributed by atoms with van der Waals surface area (Å²) in [6.45, 7) is 4.52. The van der Waals surface area contributed by atoms with Crippen molar-refractivity contribution in [3.8, 4) is 6.07 Å². The largest absolute Gasteiger partial charge is 0.304 e. The monoisotopic (exact) mass is 233 g/mol. The normalized spacial score (nSPS) is 17.9. The molecular weight excluding hydrogens is 217 g/mol. The summed E-state index contributed by atoms with van der Waals surface area (Å²) >= 11 is 0. The summed E-state index contributed by atoms with van der Waals surface area (Å²) in [5.74, 6) is -0.220. The number of nitriles is 1. The van der Waals surface area contributed by atoms with Crippen LogP contribution in [0.25, 0.3) is 0 Å². The molecule has 0 bridgehead atoms. The molecule has 0 saturated carbocycles. The van der Waals surface area contributed by atoms with Gasteiger partial charge in [-0.15, -0.1) is 0 Å². The summed E-state index contributed by atoms with van der Waals surface area (Å²) in [5.41, 5.74) is 1.14. The average Bonchev–Trinajstić information content (AvgIpc) is 2.35. The fourth-order valence-corrected chi connectivity index (χ4v) is 2.01. The summed E-state index contributed by atoms with van der Waals surface area (Å²) in [4.78, 5) is 4.48. The minimum Gasteiger partial charge on any atom is -0.304 e. The SMILES string of the molecule is CN1CCN(Cc2cc(C#N)ccc2F)CC1. The van der Waals surface area contributed by atoms with Gasteiger partial charge in [-0.3, -0.25) is 4.90 Å². The van der Waals surface area contributed by atoms with Crippen molar-refractivity contribution in [3.63, 3.8) is 0 Å². The van der Waals surface area contributed by atoms with E-state index in [0.29, 0.717) is 17.7 Å². The Morgan fingerprint density at radius 3 is 2.65 bits per heavy atom. The van der Waals surface area contributed by atoms with Gasteiger partial charge in [-0.2, -0.15) is 5.26 Å². The molecule has 1 aromatic rings. The molecule has 1 saturated heterocycles. The molecule has 0 unspecified atom stereocenters. The van der Waals surface area contributed by atoms with Crippen molar-refractivity contribution in [3.05, 3.63) is 35.1 Å². The molecule has 1 aliphatic heterocycles. The van der Waals surface area contributed by atoms with E-state index in [9.17, 15) is 4.39 Å². The average molecular weight is 233 g/mol. The summed E-state index contributed by atoms with van der Waals surface area (Å²) in [7, 11) is 2.09. The third-order valence-corrected chi connectivity index (χ3v) is 3.16. The summed E-state index contributed by atoms with van der Waals surface area (Å²) in [6.07, 6.45) is 0. The third kappa shape index (κ3) is 3.02.